The van der Waals surface area contributed by atoms with Crippen molar-refractivity contribution in [1.82, 2.24) is 10.6 Å². The summed E-state index contributed by atoms with van der Waals surface area (Å²) >= 11 is 1.18. The molecule has 0 unspecified atom stereocenters. The first-order valence-corrected chi connectivity index (χ1v) is 7.10. The van der Waals surface area contributed by atoms with E-state index in [2.05, 4.69) is 10.6 Å². The van der Waals surface area contributed by atoms with Gasteiger partial charge in [-0.15, -0.1) is 0 Å². The second kappa shape index (κ2) is 11.8. The fourth-order valence-corrected chi connectivity index (χ4v) is 1.30. The molecule has 0 fully saturated rings. The molecule has 0 aliphatic heterocycles. The Kier molecular flexibility index (Phi) is 12.2. The Labute approximate surface area is 134 Å². The van der Waals surface area contributed by atoms with Crippen LogP contribution in [0.1, 0.15) is 13.8 Å². The molecule has 0 aromatic rings. The summed E-state index contributed by atoms with van der Waals surface area (Å²) in [6.45, 7) is 3.55. The summed E-state index contributed by atoms with van der Waals surface area (Å²) in [7, 11) is 0. The van der Waals surface area contributed by atoms with Crippen molar-refractivity contribution >= 4 is 34.7 Å². The van der Waals surface area contributed by atoms with E-state index in [9.17, 15) is 27.6 Å². The first kappa shape index (κ1) is 23.6. The number of hydrogen-bond donors (Lipinski definition) is 4. The number of alkyl halides is 3. The third kappa shape index (κ3) is 16.5. The van der Waals surface area contributed by atoms with Gasteiger partial charge in [0.15, 0.2) is 5.12 Å². The Balaban J connectivity index is 0. The Morgan fingerprint density at radius 2 is 1.74 bits per heavy atom. The summed E-state index contributed by atoms with van der Waals surface area (Å²) in [5.41, 5.74) is 5.27. The van der Waals surface area contributed by atoms with E-state index in [1.165, 1.54) is 25.6 Å². The maximum absolute atomic E-state index is 11.1. The third-order valence-electron chi connectivity index (χ3n) is 1.79. The number of nitrogens with two attached hydrogens (primary N) is 1. The Morgan fingerprint density at radius 3 is 2.09 bits per heavy atom. The van der Waals surface area contributed by atoms with E-state index >= 15 is 0 Å². The van der Waals surface area contributed by atoms with Crippen LogP contribution in [-0.4, -0.2) is 59.1 Å². The molecule has 0 saturated carbocycles. The van der Waals surface area contributed by atoms with Crippen LogP contribution in [0, 0.1) is 0 Å². The second-order valence-corrected chi connectivity index (χ2v) is 5.29. The molecule has 0 aromatic carbocycles. The second-order valence-electron chi connectivity index (χ2n) is 4.02. The minimum atomic E-state index is -5.08. The molecule has 0 heterocycles. The smallest absolute Gasteiger partial charge is 0.475 e. The molecular weight excluding hydrogens is 343 g/mol. The van der Waals surface area contributed by atoms with E-state index in [-0.39, 0.29) is 11.7 Å². The van der Waals surface area contributed by atoms with Crippen LogP contribution in [-0.2, 0) is 19.2 Å². The van der Waals surface area contributed by atoms with E-state index in [4.69, 9.17) is 15.6 Å². The molecule has 23 heavy (non-hydrogen) atoms. The maximum atomic E-state index is 11.1. The molecule has 0 aliphatic rings. The lowest BCUT2D eigenvalue weighted by atomic mass is 10.3. The maximum Gasteiger partial charge on any atom is 0.490 e. The largest absolute Gasteiger partial charge is 0.490 e. The van der Waals surface area contributed by atoms with Crippen LogP contribution in [0.5, 0.6) is 0 Å². The molecule has 12 heteroatoms. The topological polar surface area (TPSA) is 139 Å². The van der Waals surface area contributed by atoms with Crippen molar-refractivity contribution in [3.63, 3.8) is 0 Å². The van der Waals surface area contributed by atoms with Crippen LogP contribution in [0.2, 0.25) is 0 Å². The number of amides is 2. The lowest BCUT2D eigenvalue weighted by Crippen LogP contribution is -2.45. The minimum Gasteiger partial charge on any atom is -0.475 e. The molecule has 0 aromatic heterocycles. The lowest BCUT2D eigenvalue weighted by molar-refractivity contribution is -0.192. The number of carbonyl (C=O) groups is 4. The molecule has 0 aliphatic carbocycles. The number of carboxylic acids is 1. The van der Waals surface area contributed by atoms with Crippen LogP contribution in [0.4, 0.5) is 13.2 Å². The number of rotatable bonds is 6. The van der Waals surface area contributed by atoms with Crippen molar-refractivity contribution < 1.29 is 37.5 Å². The van der Waals surface area contributed by atoms with Gasteiger partial charge >= 0.3 is 12.1 Å². The Hall–Kier alpha value is -1.66. The first-order valence-electron chi connectivity index (χ1n) is 6.11. The first-order chi connectivity index (χ1) is 10.4. The number of imide groups is 1. The van der Waals surface area contributed by atoms with E-state index in [0.29, 0.717) is 12.3 Å². The summed E-state index contributed by atoms with van der Waals surface area (Å²) in [6.07, 6.45) is -5.08. The van der Waals surface area contributed by atoms with Crippen LogP contribution < -0.4 is 16.4 Å². The summed E-state index contributed by atoms with van der Waals surface area (Å²) in [6, 6.07) is -0.697. The normalized spacial score (nSPS) is 11.7. The standard InChI is InChI=1S/C9H17N3O3S.C2HF3O2/c1-6(10)9(15)12-8(14)5-11-3-4-16-7(2)13;3-2(4,5)1(6)7/h6,11H,3-5,10H2,1-2H3,(H,12,14,15);(H,6,7)/t6-;/m0./s1. The fourth-order valence-electron chi connectivity index (χ4n) is 0.764. The van der Waals surface area contributed by atoms with Crippen LogP contribution >= 0.6 is 11.8 Å². The highest BCUT2D eigenvalue weighted by Crippen LogP contribution is 2.13. The number of carboxylic acid groups (broad SMARTS) is 1. The molecule has 2 amide bonds. The van der Waals surface area contributed by atoms with Gasteiger partial charge < -0.3 is 16.2 Å². The fraction of sp³-hybridized carbons (Fsp3) is 0.636. The molecule has 0 saturated heterocycles. The molecule has 0 bridgehead atoms. The van der Waals surface area contributed by atoms with Crippen LogP contribution in [0.25, 0.3) is 0 Å². The van der Waals surface area contributed by atoms with Gasteiger partial charge in [0.05, 0.1) is 12.6 Å². The Bertz CT molecular complexity index is 430. The van der Waals surface area contributed by atoms with Crippen molar-refractivity contribution in [2.45, 2.75) is 26.1 Å². The molecule has 5 N–H and O–H groups in total. The highest BCUT2D eigenvalue weighted by atomic mass is 32.2. The predicted molar refractivity (Wildman–Crippen MR) is 76.5 cm³/mol. The molecule has 0 rings (SSSR count). The molecule has 0 radical (unpaired) electrons. The van der Waals surface area contributed by atoms with Gasteiger partial charge in [-0.2, -0.15) is 13.2 Å². The zero-order valence-corrected chi connectivity index (χ0v) is 13.2. The summed E-state index contributed by atoms with van der Waals surface area (Å²) in [4.78, 5) is 41.6. The van der Waals surface area contributed by atoms with Crippen molar-refractivity contribution in [3.8, 4) is 0 Å². The highest BCUT2D eigenvalue weighted by molar-refractivity contribution is 8.13. The van der Waals surface area contributed by atoms with Crippen molar-refractivity contribution in [2.24, 2.45) is 5.73 Å². The van der Waals surface area contributed by atoms with E-state index in [1.807, 2.05) is 0 Å². The number of thioether (sulfide) groups is 1. The van der Waals surface area contributed by atoms with Gasteiger partial charge in [-0.25, -0.2) is 4.79 Å². The summed E-state index contributed by atoms with van der Waals surface area (Å²) < 4.78 is 31.7. The monoisotopic (exact) mass is 361 g/mol. The van der Waals surface area contributed by atoms with Gasteiger partial charge in [0, 0.05) is 19.2 Å². The van der Waals surface area contributed by atoms with E-state index < -0.39 is 30.0 Å². The number of aliphatic carboxylic acids is 1. The van der Waals surface area contributed by atoms with E-state index in [0.717, 1.165) is 0 Å². The predicted octanol–water partition coefficient (Wildman–Crippen LogP) is -0.521. The molecule has 0 spiro atoms. The number of hydrogen-bond acceptors (Lipinski definition) is 7. The quantitative estimate of drug-likeness (QED) is 0.464. The summed E-state index contributed by atoms with van der Waals surface area (Å²) in [5.74, 6) is -3.07. The lowest BCUT2D eigenvalue weighted by Gasteiger charge is -2.07. The van der Waals surface area contributed by atoms with Crippen LogP contribution in [0.15, 0.2) is 0 Å². The van der Waals surface area contributed by atoms with Gasteiger partial charge in [-0.1, -0.05) is 11.8 Å². The van der Waals surface area contributed by atoms with Gasteiger partial charge in [0.1, 0.15) is 0 Å². The van der Waals surface area contributed by atoms with Gasteiger partial charge in [-0.05, 0) is 6.92 Å². The van der Waals surface area contributed by atoms with Crippen LogP contribution in [0.3, 0.4) is 0 Å². The average molecular weight is 361 g/mol. The van der Waals surface area contributed by atoms with Gasteiger partial charge in [0.25, 0.3) is 0 Å². The van der Waals surface area contributed by atoms with Crippen molar-refractivity contribution in [2.75, 3.05) is 18.8 Å². The minimum absolute atomic E-state index is 0.0386. The van der Waals surface area contributed by atoms with Crippen molar-refractivity contribution in [3.05, 3.63) is 0 Å². The molecule has 8 nitrogen and oxygen atoms in total. The molecule has 134 valence electrons. The number of nitrogens with one attached hydrogen (secondary N) is 2. The van der Waals surface area contributed by atoms with E-state index in [1.54, 1.807) is 0 Å². The Morgan fingerprint density at radius 1 is 1.26 bits per heavy atom. The SMILES string of the molecule is CC(=O)SCCNCC(=O)NC(=O)[C@H](C)N.O=C(O)C(F)(F)F. The molecule has 1 atom stereocenters. The molecular formula is C11H18F3N3O5S. The third-order valence-corrected chi connectivity index (χ3v) is 2.60. The number of carbonyl (C=O) groups excluding carboxylic acids is 3. The number of halogens is 3. The van der Waals surface area contributed by atoms with Gasteiger partial charge in [-0.3, -0.25) is 19.7 Å². The summed E-state index contributed by atoms with van der Waals surface area (Å²) in [5, 5.41) is 12.1. The zero-order valence-electron chi connectivity index (χ0n) is 12.4. The van der Waals surface area contributed by atoms with Crippen molar-refractivity contribution in [1.29, 1.82) is 0 Å². The average Bonchev–Trinajstić information content (AvgIpc) is 2.37. The highest BCUT2D eigenvalue weighted by Gasteiger charge is 2.38. The zero-order chi connectivity index (χ0) is 18.6. The van der Waals surface area contributed by atoms with Gasteiger partial charge in [0.2, 0.25) is 11.8 Å².